The minimum atomic E-state index is -3.54. The van der Waals surface area contributed by atoms with Gasteiger partial charge in [0, 0.05) is 44.6 Å². The average molecular weight is 483 g/mol. The van der Waals surface area contributed by atoms with Crippen LogP contribution in [0.15, 0.2) is 23.5 Å². The highest BCUT2D eigenvalue weighted by Crippen LogP contribution is 2.43. The highest BCUT2D eigenvalue weighted by molar-refractivity contribution is 7.89. The van der Waals surface area contributed by atoms with Crippen LogP contribution in [-0.2, 0) is 29.9 Å². The second-order valence-electron chi connectivity index (χ2n) is 9.85. The van der Waals surface area contributed by atoms with Crippen LogP contribution in [0.2, 0.25) is 0 Å². The number of piperidine rings is 1. The van der Waals surface area contributed by atoms with Crippen LogP contribution >= 0.6 is 0 Å². The number of imidazole rings is 1. The van der Waals surface area contributed by atoms with Gasteiger partial charge in [-0.2, -0.15) is 9.40 Å². The summed E-state index contributed by atoms with van der Waals surface area (Å²) in [6.45, 7) is 5.05. The third-order valence-electron chi connectivity index (χ3n) is 7.29. The third-order valence-corrected chi connectivity index (χ3v) is 9.11. The van der Waals surface area contributed by atoms with E-state index in [0.717, 1.165) is 35.7 Å². The van der Waals surface area contributed by atoms with Gasteiger partial charge in [-0.3, -0.25) is 4.68 Å². The number of sulfonamides is 1. The molecular formula is C23H30N8O2S. The Morgan fingerprint density at radius 2 is 1.94 bits per heavy atom. The van der Waals surface area contributed by atoms with E-state index in [-0.39, 0.29) is 16.9 Å². The largest absolute Gasteiger partial charge is 0.351 e. The molecule has 3 aromatic rings. The fraction of sp³-hybridized carbons (Fsp3) is 0.565. The predicted molar refractivity (Wildman–Crippen MR) is 127 cm³/mol. The van der Waals surface area contributed by atoms with E-state index in [1.54, 1.807) is 17.5 Å². The molecule has 2 atom stereocenters. The number of aromatic nitrogens is 6. The average Bonchev–Trinajstić information content (AvgIpc) is 3.44. The van der Waals surface area contributed by atoms with E-state index in [1.807, 2.05) is 6.20 Å². The molecule has 0 radical (unpaired) electrons. The second-order valence-corrected chi connectivity index (χ2v) is 11.8. The van der Waals surface area contributed by atoms with Gasteiger partial charge in [0.05, 0.1) is 23.3 Å². The van der Waals surface area contributed by atoms with Crippen molar-refractivity contribution >= 4 is 16.0 Å². The van der Waals surface area contributed by atoms with Gasteiger partial charge in [-0.1, -0.05) is 6.92 Å². The number of rotatable bonds is 5. The molecule has 2 fully saturated rings. The minimum Gasteiger partial charge on any atom is -0.351 e. The number of hydrogen-bond donors (Lipinski definition) is 1. The van der Waals surface area contributed by atoms with E-state index in [1.165, 1.54) is 29.3 Å². The van der Waals surface area contributed by atoms with E-state index < -0.39 is 10.0 Å². The number of fused-ring (bicyclic) bond motifs is 3. The van der Waals surface area contributed by atoms with Crippen LogP contribution in [0.3, 0.4) is 0 Å². The van der Waals surface area contributed by atoms with Crippen molar-refractivity contribution in [3.05, 3.63) is 35.7 Å². The molecule has 11 heteroatoms. The van der Waals surface area contributed by atoms with Crippen molar-refractivity contribution in [2.24, 2.45) is 13.0 Å². The molecule has 34 heavy (non-hydrogen) atoms. The Labute approximate surface area is 199 Å². The van der Waals surface area contributed by atoms with E-state index in [4.69, 9.17) is 9.97 Å². The molecule has 10 nitrogen and oxygen atoms in total. The molecule has 0 unspecified atom stereocenters. The summed E-state index contributed by atoms with van der Waals surface area (Å²) < 4.78 is 31.4. The Hall–Kier alpha value is -2.79. The maximum absolute atomic E-state index is 13.0. The Morgan fingerprint density at radius 3 is 2.65 bits per heavy atom. The van der Waals surface area contributed by atoms with Crippen molar-refractivity contribution in [1.29, 1.82) is 0 Å². The van der Waals surface area contributed by atoms with E-state index >= 15 is 0 Å². The number of nitrogens with zero attached hydrogens (tertiary/aromatic N) is 7. The summed E-state index contributed by atoms with van der Waals surface area (Å²) in [6, 6.07) is 0.635. The number of aryl methyl sites for hydroxylation is 4. The van der Waals surface area contributed by atoms with E-state index in [0.29, 0.717) is 31.5 Å². The molecule has 1 saturated carbocycles. The van der Waals surface area contributed by atoms with Crippen LogP contribution in [0.5, 0.6) is 0 Å². The van der Waals surface area contributed by atoms with Crippen molar-refractivity contribution in [2.45, 2.75) is 62.9 Å². The monoisotopic (exact) mass is 482 g/mol. The molecule has 0 bridgehead atoms. The summed E-state index contributed by atoms with van der Waals surface area (Å²) in [4.78, 5) is 14.7. The van der Waals surface area contributed by atoms with Crippen LogP contribution in [0.4, 0.5) is 5.95 Å². The summed E-state index contributed by atoms with van der Waals surface area (Å²) in [7, 11) is -1.82. The van der Waals surface area contributed by atoms with Gasteiger partial charge < -0.3 is 9.88 Å². The molecule has 1 N–H and O–H groups in total. The maximum Gasteiger partial charge on any atom is 0.246 e. The molecule has 4 heterocycles. The molecule has 1 aliphatic heterocycles. The van der Waals surface area contributed by atoms with Crippen LogP contribution in [-0.4, -0.2) is 61.2 Å². The van der Waals surface area contributed by atoms with Gasteiger partial charge in [-0.25, -0.2) is 23.4 Å². The van der Waals surface area contributed by atoms with E-state index in [9.17, 15) is 8.42 Å². The first kappa shape index (κ1) is 21.7. The Bertz CT molecular complexity index is 1360. The Morgan fingerprint density at radius 1 is 1.12 bits per heavy atom. The molecule has 1 saturated heterocycles. The van der Waals surface area contributed by atoms with Crippen molar-refractivity contribution in [3.8, 4) is 11.4 Å². The molecule has 180 valence electrons. The summed E-state index contributed by atoms with van der Waals surface area (Å²) in [5.74, 6) is 1.78. The van der Waals surface area contributed by atoms with Crippen molar-refractivity contribution in [3.63, 3.8) is 0 Å². The second kappa shape index (κ2) is 7.88. The lowest BCUT2D eigenvalue weighted by molar-refractivity contribution is 0.260. The molecule has 0 amide bonds. The third kappa shape index (κ3) is 3.61. The first-order valence-electron chi connectivity index (χ1n) is 12.0. The van der Waals surface area contributed by atoms with Crippen LogP contribution in [0.1, 0.15) is 49.3 Å². The van der Waals surface area contributed by atoms with Gasteiger partial charge in [0.2, 0.25) is 16.0 Å². The number of hydrogen-bond acceptors (Lipinski definition) is 7. The summed E-state index contributed by atoms with van der Waals surface area (Å²) in [5, 5.41) is 7.53. The van der Waals surface area contributed by atoms with Crippen molar-refractivity contribution < 1.29 is 8.42 Å². The van der Waals surface area contributed by atoms with Gasteiger partial charge in [0.15, 0.2) is 0 Å². The lowest BCUT2D eigenvalue weighted by atomic mass is 9.95. The molecule has 0 aromatic carbocycles. The maximum atomic E-state index is 13.0. The van der Waals surface area contributed by atoms with Gasteiger partial charge in [0.25, 0.3) is 0 Å². The summed E-state index contributed by atoms with van der Waals surface area (Å²) in [6.07, 6.45) is 9.83. The zero-order valence-electron chi connectivity index (χ0n) is 19.8. The molecular weight excluding hydrogens is 452 g/mol. The molecule has 2 aliphatic carbocycles. The zero-order chi connectivity index (χ0) is 23.6. The Balaban J connectivity index is 1.21. The highest BCUT2D eigenvalue weighted by Gasteiger charge is 2.36. The van der Waals surface area contributed by atoms with Gasteiger partial charge in [-0.15, -0.1) is 0 Å². The van der Waals surface area contributed by atoms with Gasteiger partial charge in [0.1, 0.15) is 10.7 Å². The van der Waals surface area contributed by atoms with E-state index in [2.05, 4.69) is 33.8 Å². The first-order valence-corrected chi connectivity index (χ1v) is 13.4. The normalized spacial score (nSPS) is 22.9. The summed E-state index contributed by atoms with van der Waals surface area (Å²) >= 11 is 0. The molecule has 3 aliphatic rings. The van der Waals surface area contributed by atoms with Crippen LogP contribution in [0, 0.1) is 12.8 Å². The number of nitrogens with one attached hydrogen (secondary N) is 1. The lowest BCUT2D eigenvalue weighted by Crippen LogP contribution is -2.47. The smallest absolute Gasteiger partial charge is 0.246 e. The highest BCUT2D eigenvalue weighted by atomic mass is 32.2. The van der Waals surface area contributed by atoms with Gasteiger partial charge in [-0.05, 0) is 50.5 Å². The summed E-state index contributed by atoms with van der Waals surface area (Å²) in [5.41, 5.74) is 4.47. The van der Waals surface area contributed by atoms with Crippen molar-refractivity contribution in [1.82, 2.24) is 33.6 Å². The standard InChI is InChI=1S/C23H30N8O2S/c1-14-12-30(34(32,33)18-11-25-29(3)13-18)9-8-19(14)27-23-24-10-16-4-7-20-22(21(16)28-23)31(15(2)26-20)17-5-6-17/h10-11,13-14,17,19H,4-9,12H2,1-3H3,(H,24,27,28)/t14-,19+/m1/s1. The lowest BCUT2D eigenvalue weighted by Gasteiger charge is -2.36. The minimum absolute atomic E-state index is 0.0940. The zero-order valence-corrected chi connectivity index (χ0v) is 20.6. The fourth-order valence-corrected chi connectivity index (χ4v) is 6.85. The van der Waals surface area contributed by atoms with Crippen LogP contribution < -0.4 is 5.32 Å². The number of anilines is 1. The topological polar surface area (TPSA) is 111 Å². The molecule has 0 spiro atoms. The quantitative estimate of drug-likeness (QED) is 0.594. The van der Waals surface area contributed by atoms with Crippen LogP contribution in [0.25, 0.3) is 11.4 Å². The van der Waals surface area contributed by atoms with Gasteiger partial charge >= 0.3 is 0 Å². The SMILES string of the molecule is Cc1nc2c(n1C1CC1)-c1nc(N[C@H]3CCN(S(=O)(=O)c4cnn(C)c4)C[C@H]3C)ncc1CC2. The molecule has 6 rings (SSSR count). The Kier molecular flexibility index (Phi) is 5.03. The first-order chi connectivity index (χ1) is 16.3. The predicted octanol–water partition coefficient (Wildman–Crippen LogP) is 2.33. The fourth-order valence-electron chi connectivity index (χ4n) is 5.31. The molecule has 3 aromatic heterocycles. The van der Waals surface area contributed by atoms with Crippen molar-refractivity contribution in [2.75, 3.05) is 18.4 Å².